The first-order chi connectivity index (χ1) is 10.6. The van der Waals surface area contributed by atoms with Gasteiger partial charge in [0.05, 0.1) is 0 Å². The zero-order valence-electron chi connectivity index (χ0n) is 12.5. The van der Waals surface area contributed by atoms with Gasteiger partial charge in [0.25, 0.3) is 0 Å². The summed E-state index contributed by atoms with van der Waals surface area (Å²) in [7, 11) is 0. The molecule has 1 fully saturated rings. The maximum absolute atomic E-state index is 12.0. The lowest BCUT2D eigenvalue weighted by atomic mass is 10.2. The van der Waals surface area contributed by atoms with Gasteiger partial charge in [0.2, 0.25) is 12.7 Å². The lowest BCUT2D eigenvalue weighted by Crippen LogP contribution is -2.37. The van der Waals surface area contributed by atoms with Crippen LogP contribution in [-0.4, -0.2) is 47.8 Å². The molecule has 2 aliphatic rings. The molecule has 0 aliphatic carbocycles. The van der Waals surface area contributed by atoms with Crippen LogP contribution >= 0.6 is 12.4 Å². The van der Waals surface area contributed by atoms with Gasteiger partial charge in [0.1, 0.15) is 6.04 Å². The number of ether oxygens (including phenoxy) is 2. The van der Waals surface area contributed by atoms with Crippen molar-refractivity contribution in [2.24, 2.45) is 0 Å². The highest BCUT2D eigenvalue weighted by molar-refractivity contribution is 5.91. The summed E-state index contributed by atoms with van der Waals surface area (Å²) in [4.78, 5) is 24.9. The number of benzene rings is 1. The maximum Gasteiger partial charge on any atom is 0.320 e. The Morgan fingerprint density at radius 1 is 1.30 bits per heavy atom. The number of halogens is 1. The summed E-state index contributed by atoms with van der Waals surface area (Å²) < 4.78 is 10.5. The molecule has 0 spiro atoms. The molecular weight excluding hydrogens is 324 g/mol. The number of carbonyl (C=O) groups is 2. The topological polar surface area (TPSA) is 88.1 Å². The van der Waals surface area contributed by atoms with E-state index < -0.39 is 12.0 Å². The van der Waals surface area contributed by atoms with Crippen molar-refractivity contribution < 1.29 is 24.2 Å². The van der Waals surface area contributed by atoms with Crippen LogP contribution in [0.15, 0.2) is 18.2 Å². The Labute approximate surface area is 140 Å². The Morgan fingerprint density at radius 3 is 2.87 bits per heavy atom. The van der Waals surface area contributed by atoms with Crippen LogP contribution in [0.25, 0.3) is 0 Å². The van der Waals surface area contributed by atoms with Gasteiger partial charge in [-0.2, -0.15) is 0 Å². The number of hydrogen-bond donors (Lipinski definition) is 2. The number of aliphatic carboxylic acids is 1. The van der Waals surface area contributed by atoms with E-state index in [9.17, 15) is 9.59 Å². The van der Waals surface area contributed by atoms with E-state index in [2.05, 4.69) is 5.32 Å². The molecule has 1 aromatic rings. The number of fused-ring (bicyclic) bond motifs is 1. The second-order valence-corrected chi connectivity index (χ2v) is 5.40. The highest BCUT2D eigenvalue weighted by Gasteiger charge is 2.30. The molecule has 0 bridgehead atoms. The van der Waals surface area contributed by atoms with Crippen LogP contribution in [0.3, 0.4) is 0 Å². The number of nitrogens with zero attached hydrogens (tertiary/aromatic N) is 1. The molecule has 0 saturated carbocycles. The summed E-state index contributed by atoms with van der Waals surface area (Å²) in [5, 5.41) is 11.9. The summed E-state index contributed by atoms with van der Waals surface area (Å²) in [5.41, 5.74) is 0.644. The monoisotopic (exact) mass is 342 g/mol. The number of carbonyl (C=O) groups excluding carboxylic acids is 1. The van der Waals surface area contributed by atoms with Gasteiger partial charge in [0, 0.05) is 24.7 Å². The van der Waals surface area contributed by atoms with Gasteiger partial charge in [0.15, 0.2) is 11.5 Å². The van der Waals surface area contributed by atoms with Crippen LogP contribution in [-0.2, 0) is 9.59 Å². The summed E-state index contributed by atoms with van der Waals surface area (Å²) in [5.74, 6) is 0.325. The molecule has 0 aromatic heterocycles. The van der Waals surface area contributed by atoms with Crippen LogP contribution in [0.1, 0.15) is 19.3 Å². The molecule has 3 rings (SSSR count). The highest BCUT2D eigenvalue weighted by Crippen LogP contribution is 2.34. The van der Waals surface area contributed by atoms with E-state index in [1.807, 2.05) is 4.90 Å². The molecular formula is C15H19ClN2O5. The van der Waals surface area contributed by atoms with E-state index in [-0.39, 0.29) is 31.5 Å². The van der Waals surface area contributed by atoms with E-state index in [1.54, 1.807) is 18.2 Å². The Balaban J connectivity index is 0.00000192. The maximum atomic E-state index is 12.0. The number of carboxylic acid groups (broad SMARTS) is 1. The molecule has 0 radical (unpaired) electrons. The third-order valence-corrected chi connectivity index (χ3v) is 3.93. The fourth-order valence-electron chi connectivity index (χ4n) is 2.82. The van der Waals surface area contributed by atoms with Gasteiger partial charge >= 0.3 is 5.97 Å². The minimum Gasteiger partial charge on any atom is -0.480 e. The normalized spacial score (nSPS) is 19.2. The molecule has 1 saturated heterocycles. The summed E-state index contributed by atoms with van der Waals surface area (Å²) in [6.07, 6.45) is 1.78. The van der Waals surface area contributed by atoms with Gasteiger partial charge in [-0.05, 0) is 31.5 Å². The number of hydrogen-bond acceptors (Lipinski definition) is 5. The lowest BCUT2D eigenvalue weighted by Gasteiger charge is -2.20. The number of anilines is 1. The molecule has 1 atom stereocenters. The fraction of sp³-hybridized carbons (Fsp3) is 0.467. The summed E-state index contributed by atoms with van der Waals surface area (Å²) in [6, 6.07) is 4.76. The molecule has 23 heavy (non-hydrogen) atoms. The van der Waals surface area contributed by atoms with E-state index in [4.69, 9.17) is 14.6 Å². The molecule has 1 aromatic carbocycles. The second kappa shape index (κ2) is 7.52. The van der Waals surface area contributed by atoms with Gasteiger partial charge < -0.3 is 19.9 Å². The average molecular weight is 343 g/mol. The molecule has 2 heterocycles. The first kappa shape index (κ1) is 17.4. The van der Waals surface area contributed by atoms with Crippen LogP contribution in [0.5, 0.6) is 11.5 Å². The van der Waals surface area contributed by atoms with Crippen molar-refractivity contribution >= 4 is 30.0 Å². The average Bonchev–Trinajstić information content (AvgIpc) is 3.13. The number of likely N-dealkylation sites (tertiary alicyclic amines) is 1. The van der Waals surface area contributed by atoms with E-state index in [0.29, 0.717) is 30.2 Å². The molecule has 7 nitrogen and oxygen atoms in total. The SMILES string of the molecule is Cl.O=C(CCN1CCC[C@H]1C(=O)O)Nc1ccc2c(c1)OCO2. The van der Waals surface area contributed by atoms with Crippen molar-refractivity contribution in [1.82, 2.24) is 4.90 Å². The van der Waals surface area contributed by atoms with Crippen molar-refractivity contribution in [1.29, 1.82) is 0 Å². The Bertz CT molecular complexity index is 595. The minimum atomic E-state index is -0.811. The minimum absolute atomic E-state index is 0. The van der Waals surface area contributed by atoms with E-state index >= 15 is 0 Å². The number of carboxylic acids is 1. The van der Waals surface area contributed by atoms with Crippen molar-refractivity contribution in [2.75, 3.05) is 25.2 Å². The third-order valence-electron chi connectivity index (χ3n) is 3.93. The van der Waals surface area contributed by atoms with Gasteiger partial charge in [-0.15, -0.1) is 12.4 Å². The van der Waals surface area contributed by atoms with Gasteiger partial charge in [-0.1, -0.05) is 0 Å². The van der Waals surface area contributed by atoms with Gasteiger partial charge in [-0.3, -0.25) is 14.5 Å². The Morgan fingerprint density at radius 2 is 2.09 bits per heavy atom. The predicted molar refractivity (Wildman–Crippen MR) is 85.3 cm³/mol. The predicted octanol–water partition coefficient (Wildman–Crippen LogP) is 1.71. The first-order valence-corrected chi connectivity index (χ1v) is 7.30. The summed E-state index contributed by atoms with van der Waals surface area (Å²) in [6.45, 7) is 1.37. The summed E-state index contributed by atoms with van der Waals surface area (Å²) >= 11 is 0. The molecule has 0 unspecified atom stereocenters. The zero-order valence-corrected chi connectivity index (χ0v) is 13.3. The molecule has 1 amide bonds. The zero-order chi connectivity index (χ0) is 15.5. The smallest absolute Gasteiger partial charge is 0.320 e. The molecule has 2 N–H and O–H groups in total. The van der Waals surface area contributed by atoms with Crippen LogP contribution in [0.4, 0.5) is 5.69 Å². The largest absolute Gasteiger partial charge is 0.480 e. The Kier molecular flexibility index (Phi) is 5.68. The quantitative estimate of drug-likeness (QED) is 0.847. The number of nitrogens with one attached hydrogen (secondary N) is 1. The third kappa shape index (κ3) is 4.05. The Hall–Kier alpha value is -1.99. The van der Waals surface area contributed by atoms with Crippen molar-refractivity contribution in [3.8, 4) is 11.5 Å². The van der Waals surface area contributed by atoms with Crippen molar-refractivity contribution in [3.05, 3.63) is 18.2 Å². The molecule has 126 valence electrons. The number of rotatable bonds is 5. The molecule has 2 aliphatic heterocycles. The van der Waals surface area contributed by atoms with Crippen molar-refractivity contribution in [2.45, 2.75) is 25.3 Å². The lowest BCUT2D eigenvalue weighted by molar-refractivity contribution is -0.142. The fourth-order valence-corrected chi connectivity index (χ4v) is 2.82. The van der Waals surface area contributed by atoms with Gasteiger partial charge in [-0.25, -0.2) is 0 Å². The van der Waals surface area contributed by atoms with Crippen LogP contribution in [0, 0.1) is 0 Å². The first-order valence-electron chi connectivity index (χ1n) is 7.30. The van der Waals surface area contributed by atoms with E-state index in [0.717, 1.165) is 13.0 Å². The standard InChI is InChI=1S/C15H18N2O5.ClH/c18-14(5-7-17-6-1-2-11(17)15(19)20)16-10-3-4-12-13(8-10)22-9-21-12;/h3-4,8,11H,1-2,5-7,9H2,(H,16,18)(H,19,20);1H/t11-;/m0./s1. The second-order valence-electron chi connectivity index (χ2n) is 5.40. The molecule has 8 heteroatoms. The van der Waals surface area contributed by atoms with Crippen molar-refractivity contribution in [3.63, 3.8) is 0 Å². The highest BCUT2D eigenvalue weighted by atomic mass is 35.5. The number of amides is 1. The van der Waals surface area contributed by atoms with Crippen LogP contribution < -0.4 is 14.8 Å². The van der Waals surface area contributed by atoms with E-state index in [1.165, 1.54) is 0 Å². The van der Waals surface area contributed by atoms with Crippen LogP contribution in [0.2, 0.25) is 0 Å².